The Morgan fingerprint density at radius 1 is 0.348 bits per heavy atom. The maximum Gasteiger partial charge on any atom is 0.306 e. The Labute approximate surface area is 413 Å². The molecule has 0 aromatic carbocycles. The van der Waals surface area contributed by atoms with Gasteiger partial charge in [0.25, 0.3) is 0 Å². The molecule has 0 bridgehead atoms. The van der Waals surface area contributed by atoms with Crippen molar-refractivity contribution in [3.63, 3.8) is 0 Å². The number of allylic oxidation sites excluding steroid dienone is 4. The van der Waals surface area contributed by atoms with Crippen LogP contribution in [0.5, 0.6) is 0 Å². The van der Waals surface area contributed by atoms with Gasteiger partial charge in [-0.15, -0.1) is 0 Å². The number of hydrogen-bond donors (Lipinski definition) is 1. The highest BCUT2D eigenvalue weighted by molar-refractivity contribution is 5.70. The molecule has 5 heteroatoms. The summed E-state index contributed by atoms with van der Waals surface area (Å²) in [5.41, 5.74) is 0. The summed E-state index contributed by atoms with van der Waals surface area (Å²) in [5.74, 6) is -0.567. The van der Waals surface area contributed by atoms with Crippen LogP contribution in [0.4, 0.5) is 0 Å². The Balaban J connectivity index is 3.40. The first-order valence-corrected chi connectivity index (χ1v) is 29.9. The molecule has 0 fully saturated rings. The lowest BCUT2D eigenvalue weighted by Gasteiger charge is -2.15. The van der Waals surface area contributed by atoms with Crippen molar-refractivity contribution in [1.29, 1.82) is 0 Å². The van der Waals surface area contributed by atoms with Crippen LogP contribution in [0.25, 0.3) is 0 Å². The maximum atomic E-state index is 12.3. The number of carbonyl (C=O) groups is 2. The molecule has 1 unspecified atom stereocenters. The Morgan fingerprint density at radius 3 is 0.894 bits per heavy atom. The summed E-state index contributed by atoms with van der Waals surface area (Å²) in [6.45, 7) is 4.19. The minimum Gasteiger partial charge on any atom is -0.462 e. The minimum absolute atomic E-state index is 0.0582. The summed E-state index contributed by atoms with van der Waals surface area (Å²) < 4.78 is 10.7. The van der Waals surface area contributed by atoms with Crippen molar-refractivity contribution in [2.45, 2.75) is 341 Å². The third-order valence-electron chi connectivity index (χ3n) is 13.7. The summed E-state index contributed by atoms with van der Waals surface area (Å²) in [6, 6.07) is 0. The highest BCUT2D eigenvalue weighted by Crippen LogP contribution is 2.18. The molecule has 0 aromatic rings. The fraction of sp³-hybridized carbons (Fsp3) is 0.902. The van der Waals surface area contributed by atoms with Crippen molar-refractivity contribution in [3.8, 4) is 0 Å². The second-order valence-electron chi connectivity index (χ2n) is 20.4. The molecule has 0 amide bonds. The summed E-state index contributed by atoms with van der Waals surface area (Å²) in [4.78, 5) is 24.5. The average molecular weight is 930 g/mol. The average Bonchev–Trinajstić information content (AvgIpc) is 3.32. The first-order chi connectivity index (χ1) is 32.6. The van der Waals surface area contributed by atoms with Gasteiger partial charge in [-0.25, -0.2) is 0 Å². The molecule has 0 spiro atoms. The lowest BCUT2D eigenvalue weighted by Crippen LogP contribution is -2.28. The van der Waals surface area contributed by atoms with Crippen molar-refractivity contribution in [2.24, 2.45) is 0 Å². The number of esters is 2. The molecule has 0 saturated heterocycles. The van der Waals surface area contributed by atoms with Crippen LogP contribution in [0.1, 0.15) is 335 Å². The lowest BCUT2D eigenvalue weighted by atomic mass is 10.0. The van der Waals surface area contributed by atoms with Gasteiger partial charge in [0.15, 0.2) is 6.10 Å². The van der Waals surface area contributed by atoms with Gasteiger partial charge < -0.3 is 14.6 Å². The van der Waals surface area contributed by atoms with E-state index in [0.717, 1.165) is 38.5 Å². The van der Waals surface area contributed by atoms with Gasteiger partial charge in [0.1, 0.15) is 6.61 Å². The quantitative estimate of drug-likeness (QED) is 0.0374. The van der Waals surface area contributed by atoms with Crippen LogP contribution in [0.2, 0.25) is 0 Å². The van der Waals surface area contributed by atoms with E-state index in [0.29, 0.717) is 12.8 Å². The zero-order valence-electron chi connectivity index (χ0n) is 44.7. The molecular formula is C61H116O5. The minimum atomic E-state index is -0.767. The van der Waals surface area contributed by atoms with Crippen molar-refractivity contribution in [1.82, 2.24) is 0 Å². The van der Waals surface area contributed by atoms with E-state index in [1.807, 2.05) is 0 Å². The molecule has 5 nitrogen and oxygen atoms in total. The topological polar surface area (TPSA) is 72.8 Å². The third-order valence-corrected chi connectivity index (χ3v) is 13.7. The number of carbonyl (C=O) groups excluding carboxylic acids is 2. The molecule has 0 aromatic heterocycles. The Hall–Kier alpha value is -1.62. The van der Waals surface area contributed by atoms with E-state index in [-0.39, 0.29) is 25.2 Å². The predicted molar refractivity (Wildman–Crippen MR) is 288 cm³/mol. The van der Waals surface area contributed by atoms with Crippen LogP contribution in [0.3, 0.4) is 0 Å². The molecule has 0 aliphatic carbocycles. The van der Waals surface area contributed by atoms with Crippen LogP contribution in [0.15, 0.2) is 24.3 Å². The zero-order valence-corrected chi connectivity index (χ0v) is 44.7. The number of aliphatic hydroxyl groups is 1. The van der Waals surface area contributed by atoms with E-state index in [2.05, 4.69) is 38.2 Å². The van der Waals surface area contributed by atoms with E-state index >= 15 is 0 Å². The van der Waals surface area contributed by atoms with Crippen LogP contribution in [-0.4, -0.2) is 36.4 Å². The molecule has 0 aliphatic heterocycles. The monoisotopic (exact) mass is 929 g/mol. The first-order valence-electron chi connectivity index (χ1n) is 29.9. The molecular weight excluding hydrogens is 813 g/mol. The fourth-order valence-electron chi connectivity index (χ4n) is 9.24. The van der Waals surface area contributed by atoms with E-state index in [1.165, 1.54) is 270 Å². The van der Waals surface area contributed by atoms with E-state index in [4.69, 9.17) is 9.47 Å². The highest BCUT2D eigenvalue weighted by Gasteiger charge is 2.16. The van der Waals surface area contributed by atoms with Crippen molar-refractivity contribution < 1.29 is 24.2 Å². The molecule has 0 heterocycles. The molecule has 1 atom stereocenters. The van der Waals surface area contributed by atoms with Gasteiger partial charge in [-0.1, -0.05) is 301 Å². The normalized spacial score (nSPS) is 12.2. The smallest absolute Gasteiger partial charge is 0.306 e. The number of aliphatic hydroxyl groups excluding tert-OH is 1. The largest absolute Gasteiger partial charge is 0.462 e. The molecule has 0 radical (unpaired) electrons. The SMILES string of the molecule is CCCCCCC/C=C\C/C=C\CCCCCCCCCCCCCCCCCCCCCC(=O)OC(CO)COC(=O)CCCCCCCCCCCCCCCCCCCCCCC. The standard InChI is InChI=1S/C61H116O5/c1-3-5-7-9-11-13-15-17-19-21-23-25-26-27-28-29-30-31-32-33-34-36-38-40-42-44-46-48-50-52-54-56-61(64)66-59(57-62)58-65-60(63)55-53-51-49-47-45-43-41-39-37-35-24-22-20-18-16-14-12-10-8-6-4-2/h15,17,21,23,59,62H,3-14,16,18-20,22,24-58H2,1-2H3/b17-15-,23-21-. The molecule has 66 heavy (non-hydrogen) atoms. The molecule has 0 saturated carbocycles. The van der Waals surface area contributed by atoms with Gasteiger partial charge in [-0.2, -0.15) is 0 Å². The van der Waals surface area contributed by atoms with E-state index in [9.17, 15) is 14.7 Å². The molecule has 0 rings (SSSR count). The number of hydrogen-bond acceptors (Lipinski definition) is 5. The van der Waals surface area contributed by atoms with Crippen LogP contribution >= 0.6 is 0 Å². The Bertz CT molecular complexity index is 1010. The molecule has 0 aliphatic rings. The van der Waals surface area contributed by atoms with E-state index < -0.39 is 6.10 Å². The molecule has 1 N–H and O–H groups in total. The second-order valence-corrected chi connectivity index (χ2v) is 20.4. The number of unbranched alkanes of at least 4 members (excludes halogenated alkanes) is 44. The fourth-order valence-corrected chi connectivity index (χ4v) is 9.24. The van der Waals surface area contributed by atoms with Crippen molar-refractivity contribution in [2.75, 3.05) is 13.2 Å². The van der Waals surface area contributed by atoms with Gasteiger partial charge in [-0.05, 0) is 44.9 Å². The Kier molecular flexibility index (Phi) is 56.3. The maximum absolute atomic E-state index is 12.3. The summed E-state index contributed by atoms with van der Waals surface area (Å²) >= 11 is 0. The van der Waals surface area contributed by atoms with E-state index in [1.54, 1.807) is 0 Å². The van der Waals surface area contributed by atoms with Crippen LogP contribution in [-0.2, 0) is 19.1 Å². The Morgan fingerprint density at radius 2 is 0.606 bits per heavy atom. The predicted octanol–water partition coefficient (Wildman–Crippen LogP) is 20.1. The summed E-state index contributed by atoms with van der Waals surface area (Å²) in [7, 11) is 0. The highest BCUT2D eigenvalue weighted by atomic mass is 16.6. The van der Waals surface area contributed by atoms with Gasteiger partial charge >= 0.3 is 11.9 Å². The van der Waals surface area contributed by atoms with Crippen molar-refractivity contribution in [3.05, 3.63) is 24.3 Å². The summed E-state index contributed by atoms with van der Waals surface area (Å²) in [6.07, 6.45) is 73.1. The van der Waals surface area contributed by atoms with Gasteiger partial charge in [0.05, 0.1) is 6.61 Å². The second kappa shape index (κ2) is 57.7. The summed E-state index contributed by atoms with van der Waals surface area (Å²) in [5, 5.41) is 9.66. The third kappa shape index (κ3) is 55.0. The molecule has 390 valence electrons. The van der Waals surface area contributed by atoms with Gasteiger partial charge in [0.2, 0.25) is 0 Å². The first kappa shape index (κ1) is 64.4. The zero-order chi connectivity index (χ0) is 47.7. The van der Waals surface area contributed by atoms with Gasteiger partial charge in [-0.3, -0.25) is 9.59 Å². The van der Waals surface area contributed by atoms with Crippen LogP contribution < -0.4 is 0 Å². The lowest BCUT2D eigenvalue weighted by molar-refractivity contribution is -0.161. The van der Waals surface area contributed by atoms with Crippen LogP contribution in [0, 0.1) is 0 Å². The number of rotatable bonds is 56. The number of ether oxygens (including phenoxy) is 2. The van der Waals surface area contributed by atoms with Crippen molar-refractivity contribution >= 4 is 11.9 Å². The van der Waals surface area contributed by atoms with Gasteiger partial charge in [0, 0.05) is 12.8 Å².